The molecule has 1 N–H and O–H groups in total. The summed E-state index contributed by atoms with van der Waals surface area (Å²) in [5, 5.41) is 14.2. The summed E-state index contributed by atoms with van der Waals surface area (Å²) in [6, 6.07) is 0. The molecule has 37 heavy (non-hydrogen) atoms. The summed E-state index contributed by atoms with van der Waals surface area (Å²) in [7, 11) is 0. The van der Waals surface area contributed by atoms with Crippen molar-refractivity contribution in [2.75, 3.05) is 0 Å². The summed E-state index contributed by atoms with van der Waals surface area (Å²) < 4.78 is 11.8. The van der Waals surface area contributed by atoms with Crippen LogP contribution in [0.15, 0.2) is 5.16 Å². The van der Waals surface area contributed by atoms with Gasteiger partial charge in [0, 0.05) is 25.7 Å². The van der Waals surface area contributed by atoms with Crippen molar-refractivity contribution in [1.29, 1.82) is 0 Å². The van der Waals surface area contributed by atoms with Crippen molar-refractivity contribution in [1.82, 2.24) is 0 Å². The van der Waals surface area contributed by atoms with E-state index in [-0.39, 0.29) is 23.5 Å². The van der Waals surface area contributed by atoms with E-state index in [0.29, 0.717) is 41.7 Å². The minimum Gasteiger partial charge on any atom is -0.462 e. The lowest BCUT2D eigenvalue weighted by Crippen LogP contribution is -2.68. The number of hydrogen-bond donors (Lipinski definition) is 1. The third-order valence-electron chi connectivity index (χ3n) is 11.5. The van der Waals surface area contributed by atoms with Gasteiger partial charge in [-0.3, -0.25) is 9.59 Å². The van der Waals surface area contributed by atoms with Crippen molar-refractivity contribution in [2.45, 2.75) is 131 Å². The summed E-state index contributed by atoms with van der Waals surface area (Å²) in [5.74, 6) is 2.96. The van der Waals surface area contributed by atoms with Gasteiger partial charge in [0.05, 0.1) is 0 Å². The molecule has 0 amide bonds. The Bertz CT molecular complexity index is 900. The molecule has 0 aromatic carbocycles. The molecular formula is C31H51NO5. The molecule has 0 aromatic heterocycles. The van der Waals surface area contributed by atoms with E-state index in [4.69, 9.17) is 9.47 Å². The number of hydrogen-bond acceptors (Lipinski definition) is 6. The fourth-order valence-corrected chi connectivity index (χ4v) is 9.95. The van der Waals surface area contributed by atoms with E-state index >= 15 is 0 Å². The Morgan fingerprint density at radius 3 is 2.35 bits per heavy atom. The van der Waals surface area contributed by atoms with Crippen LogP contribution >= 0.6 is 0 Å². The van der Waals surface area contributed by atoms with E-state index < -0.39 is 5.60 Å². The van der Waals surface area contributed by atoms with Crippen LogP contribution in [0.4, 0.5) is 0 Å². The summed E-state index contributed by atoms with van der Waals surface area (Å²) in [6.07, 6.45) is 11.0. The molecule has 6 heteroatoms. The Kier molecular flexibility index (Phi) is 8.08. The highest BCUT2D eigenvalue weighted by atomic mass is 16.6. The lowest BCUT2D eigenvalue weighted by atomic mass is 9.42. The van der Waals surface area contributed by atoms with Crippen LogP contribution in [0, 0.1) is 46.3 Å². The van der Waals surface area contributed by atoms with Gasteiger partial charge in [0.25, 0.3) is 0 Å². The second-order valence-corrected chi connectivity index (χ2v) is 14.0. The molecule has 9 atom stereocenters. The van der Waals surface area contributed by atoms with Crippen LogP contribution in [-0.2, 0) is 19.1 Å². The van der Waals surface area contributed by atoms with Gasteiger partial charge in [-0.15, -0.1) is 0 Å². The molecule has 0 unspecified atom stereocenters. The van der Waals surface area contributed by atoms with Gasteiger partial charge < -0.3 is 14.7 Å². The molecule has 4 saturated carbocycles. The quantitative estimate of drug-likeness (QED) is 0.220. The van der Waals surface area contributed by atoms with E-state index in [1.165, 1.54) is 52.4 Å². The molecule has 0 bridgehead atoms. The van der Waals surface area contributed by atoms with Gasteiger partial charge in [0.1, 0.15) is 11.8 Å². The normalized spacial score (nSPS) is 43.0. The van der Waals surface area contributed by atoms with Gasteiger partial charge in [-0.2, -0.15) is 0 Å². The first-order valence-electron chi connectivity index (χ1n) is 15.0. The molecule has 0 radical (unpaired) electrons. The Morgan fingerprint density at radius 2 is 1.73 bits per heavy atom. The summed E-state index contributed by atoms with van der Waals surface area (Å²) in [5.41, 5.74) is -0.474. The minimum atomic E-state index is -1.02. The van der Waals surface area contributed by atoms with Crippen LogP contribution in [0.3, 0.4) is 0 Å². The lowest BCUT2D eigenvalue weighted by Gasteiger charge is -2.64. The van der Waals surface area contributed by atoms with E-state index in [2.05, 4.69) is 39.8 Å². The van der Waals surface area contributed by atoms with Crippen molar-refractivity contribution in [2.24, 2.45) is 51.5 Å². The van der Waals surface area contributed by atoms with Gasteiger partial charge >= 0.3 is 11.9 Å². The van der Waals surface area contributed by atoms with E-state index in [1.54, 1.807) is 0 Å². The molecule has 4 rings (SSSR count). The van der Waals surface area contributed by atoms with Crippen molar-refractivity contribution in [3.63, 3.8) is 0 Å². The second kappa shape index (κ2) is 10.5. The monoisotopic (exact) mass is 517 g/mol. The van der Waals surface area contributed by atoms with Crippen LogP contribution in [0.1, 0.15) is 119 Å². The number of oxime groups is 1. The number of ether oxygens (including phenoxy) is 2. The maximum absolute atomic E-state index is 12.5. The van der Waals surface area contributed by atoms with Crippen LogP contribution in [-0.4, -0.2) is 34.6 Å². The first-order valence-corrected chi connectivity index (χ1v) is 15.0. The second-order valence-electron chi connectivity index (χ2n) is 14.0. The average molecular weight is 518 g/mol. The van der Waals surface area contributed by atoms with Gasteiger partial charge in [0.15, 0.2) is 5.60 Å². The standard InChI is InChI=1S/C31H51NO5/c1-19(2)9-8-10-20(3)25-11-12-26-24-17-28(32-35)31(37-22(5)34)18-23(36-21(4)33)13-16-30(31,7)27(24)14-15-29(25,26)6/h19-20,23-27,35H,8-18H2,1-7H3/b32-28-/t20-,23-,24+,25-,26-,27-,29-,30-,31+/m1/s1. The van der Waals surface area contributed by atoms with Gasteiger partial charge in [-0.1, -0.05) is 59.0 Å². The maximum atomic E-state index is 12.5. The smallest absolute Gasteiger partial charge is 0.303 e. The predicted molar refractivity (Wildman–Crippen MR) is 144 cm³/mol. The number of carbonyl (C=O) groups is 2. The summed E-state index contributed by atoms with van der Waals surface area (Å²) in [6.45, 7) is 14.8. The zero-order valence-corrected chi connectivity index (χ0v) is 24.3. The molecule has 4 aliphatic carbocycles. The van der Waals surface area contributed by atoms with Crippen molar-refractivity contribution in [3.05, 3.63) is 0 Å². The fraction of sp³-hybridized carbons (Fsp3) is 0.903. The van der Waals surface area contributed by atoms with E-state index in [0.717, 1.165) is 37.0 Å². The van der Waals surface area contributed by atoms with Crippen molar-refractivity contribution < 1.29 is 24.3 Å². The summed E-state index contributed by atoms with van der Waals surface area (Å²) in [4.78, 5) is 24.3. The first kappa shape index (κ1) is 28.4. The third-order valence-corrected chi connectivity index (χ3v) is 11.5. The van der Waals surface area contributed by atoms with Crippen molar-refractivity contribution in [3.8, 4) is 0 Å². The molecule has 210 valence electrons. The molecule has 0 heterocycles. The van der Waals surface area contributed by atoms with Gasteiger partial charge in [-0.05, 0) is 85.9 Å². The molecule has 0 spiro atoms. The SMILES string of the molecule is CC(=O)O[C@@H]1CC[C@]2(C)[C@@H]3CC[C@@]4(C)[C@H](CC[C@@H]4[C@H](C)CCCC(C)C)[C@@H]3C/C(=N/O)[C@@]2(OC(C)=O)C1. The minimum absolute atomic E-state index is 0.311. The highest BCUT2D eigenvalue weighted by molar-refractivity contribution is 5.96. The number of rotatable bonds is 7. The Labute approximate surface area is 224 Å². The fourth-order valence-electron chi connectivity index (χ4n) is 9.95. The Hall–Kier alpha value is -1.59. The predicted octanol–water partition coefficient (Wildman–Crippen LogP) is 7.17. The summed E-state index contributed by atoms with van der Waals surface area (Å²) >= 11 is 0. The van der Waals surface area contributed by atoms with Crippen LogP contribution in [0.2, 0.25) is 0 Å². The van der Waals surface area contributed by atoms with Gasteiger partial charge in [0.2, 0.25) is 0 Å². The van der Waals surface area contributed by atoms with E-state index in [1.807, 2.05) is 0 Å². The van der Waals surface area contributed by atoms with Crippen LogP contribution in [0.5, 0.6) is 0 Å². The zero-order chi connectivity index (χ0) is 27.2. The molecular weight excluding hydrogens is 466 g/mol. The number of esters is 2. The topological polar surface area (TPSA) is 85.2 Å². The third kappa shape index (κ3) is 4.84. The molecule has 4 fully saturated rings. The Balaban J connectivity index is 1.63. The average Bonchev–Trinajstić information content (AvgIpc) is 3.15. The van der Waals surface area contributed by atoms with Gasteiger partial charge in [-0.25, -0.2) is 0 Å². The Morgan fingerprint density at radius 1 is 1.00 bits per heavy atom. The number of fused-ring (bicyclic) bond motifs is 5. The van der Waals surface area contributed by atoms with Crippen LogP contribution < -0.4 is 0 Å². The number of carbonyl (C=O) groups excluding carboxylic acids is 2. The zero-order valence-electron chi connectivity index (χ0n) is 24.3. The maximum Gasteiger partial charge on any atom is 0.303 e. The molecule has 0 aliphatic heterocycles. The molecule has 6 nitrogen and oxygen atoms in total. The first-order chi connectivity index (χ1) is 17.4. The molecule has 0 saturated heterocycles. The lowest BCUT2D eigenvalue weighted by molar-refractivity contribution is -0.204. The largest absolute Gasteiger partial charge is 0.462 e. The molecule has 4 aliphatic rings. The number of nitrogens with zero attached hydrogens (tertiary/aromatic N) is 1. The van der Waals surface area contributed by atoms with Crippen LogP contribution in [0.25, 0.3) is 0 Å². The molecule has 0 aromatic rings. The highest BCUT2D eigenvalue weighted by Gasteiger charge is 2.69. The van der Waals surface area contributed by atoms with Crippen molar-refractivity contribution >= 4 is 17.7 Å². The highest BCUT2D eigenvalue weighted by Crippen LogP contribution is 2.69. The van der Waals surface area contributed by atoms with E-state index in [9.17, 15) is 14.8 Å².